The van der Waals surface area contributed by atoms with Crippen LogP contribution in [0.4, 0.5) is 4.79 Å². The molecule has 3 amide bonds. The molecule has 0 saturated carbocycles. The number of hydrogen-bond acceptors (Lipinski definition) is 7. The summed E-state index contributed by atoms with van der Waals surface area (Å²) in [5, 5.41) is 16.4. The molecule has 1 rings (SSSR count). The van der Waals surface area contributed by atoms with Crippen LogP contribution >= 0.6 is 0 Å². The third kappa shape index (κ3) is 13.3. The van der Waals surface area contributed by atoms with E-state index in [9.17, 15) is 24.0 Å². The highest BCUT2D eigenvalue weighted by atomic mass is 16.6. The van der Waals surface area contributed by atoms with E-state index in [0.717, 1.165) is 5.56 Å². The molecule has 0 aliphatic carbocycles. The number of carbonyl (C=O) groups excluding carboxylic acids is 4. The zero-order chi connectivity index (χ0) is 28.0. The summed E-state index contributed by atoms with van der Waals surface area (Å²) in [6, 6.07) is 6.89. The number of rotatable bonds is 14. The van der Waals surface area contributed by atoms with Crippen LogP contribution in [0.3, 0.4) is 0 Å². The fraction of sp³-hybridized carbons (Fsp3) is 0.577. The number of benzene rings is 1. The Labute approximate surface area is 217 Å². The number of amides is 3. The van der Waals surface area contributed by atoms with E-state index in [4.69, 9.17) is 14.6 Å². The minimum Gasteiger partial charge on any atom is -0.481 e. The van der Waals surface area contributed by atoms with Crippen LogP contribution in [0.2, 0.25) is 0 Å². The van der Waals surface area contributed by atoms with E-state index in [1.165, 1.54) is 0 Å². The fourth-order valence-corrected chi connectivity index (χ4v) is 3.19. The van der Waals surface area contributed by atoms with Gasteiger partial charge in [-0.3, -0.25) is 19.2 Å². The molecule has 0 saturated heterocycles. The van der Waals surface area contributed by atoms with E-state index < -0.39 is 47.5 Å². The molecule has 3 atom stereocenters. The molecule has 0 radical (unpaired) electrons. The molecular weight excluding hydrogens is 482 g/mol. The Hall–Kier alpha value is -3.63. The van der Waals surface area contributed by atoms with Crippen molar-refractivity contribution in [2.24, 2.45) is 5.92 Å². The Bertz CT molecular complexity index is 914. The fourth-order valence-electron chi connectivity index (χ4n) is 3.19. The van der Waals surface area contributed by atoms with Crippen molar-refractivity contribution in [3.8, 4) is 0 Å². The predicted molar refractivity (Wildman–Crippen MR) is 135 cm³/mol. The predicted octanol–water partition coefficient (Wildman–Crippen LogP) is 2.53. The van der Waals surface area contributed by atoms with E-state index in [1.54, 1.807) is 39.8 Å². The first-order chi connectivity index (χ1) is 17.3. The Morgan fingerprint density at radius 2 is 1.62 bits per heavy atom. The molecule has 3 unspecified atom stereocenters. The van der Waals surface area contributed by atoms with Gasteiger partial charge >= 0.3 is 18.0 Å². The molecule has 1 aromatic rings. The second-order valence-corrected chi connectivity index (χ2v) is 9.69. The Kier molecular flexibility index (Phi) is 13.1. The average Bonchev–Trinajstić information content (AvgIpc) is 2.82. The zero-order valence-electron chi connectivity index (χ0n) is 22.2. The van der Waals surface area contributed by atoms with Crippen molar-refractivity contribution in [2.45, 2.75) is 84.6 Å². The van der Waals surface area contributed by atoms with Gasteiger partial charge in [-0.1, -0.05) is 50.6 Å². The Balaban J connectivity index is 2.89. The molecule has 37 heavy (non-hydrogen) atoms. The molecular formula is C26H39N3O8. The first kappa shape index (κ1) is 31.4. The van der Waals surface area contributed by atoms with Crippen LogP contribution in [0.15, 0.2) is 30.3 Å². The summed E-state index contributed by atoms with van der Waals surface area (Å²) in [4.78, 5) is 61.3. The zero-order valence-corrected chi connectivity index (χ0v) is 22.2. The molecule has 11 heteroatoms. The maximum atomic E-state index is 13.2. The van der Waals surface area contributed by atoms with Crippen LogP contribution in [0.5, 0.6) is 0 Å². The summed E-state index contributed by atoms with van der Waals surface area (Å²) in [7, 11) is 0. The van der Waals surface area contributed by atoms with Gasteiger partial charge in [-0.05, 0) is 38.7 Å². The van der Waals surface area contributed by atoms with Crippen molar-refractivity contribution >= 4 is 29.8 Å². The summed E-state index contributed by atoms with van der Waals surface area (Å²) in [5.74, 6) is -3.22. The molecule has 0 aliphatic rings. The van der Waals surface area contributed by atoms with E-state index in [-0.39, 0.29) is 38.3 Å². The second kappa shape index (κ2) is 15.5. The lowest BCUT2D eigenvalue weighted by atomic mass is 9.97. The maximum Gasteiger partial charge on any atom is 0.408 e. The molecule has 11 nitrogen and oxygen atoms in total. The number of ether oxygens (including phenoxy) is 2. The molecule has 0 aliphatic heterocycles. The van der Waals surface area contributed by atoms with Crippen LogP contribution in [-0.2, 0) is 35.3 Å². The molecule has 206 valence electrons. The summed E-state index contributed by atoms with van der Waals surface area (Å²) in [5.41, 5.74) is 0.0630. The number of hydrogen-bond donors (Lipinski definition) is 4. The number of esters is 1. The molecule has 0 heterocycles. The van der Waals surface area contributed by atoms with Gasteiger partial charge in [-0.2, -0.15) is 0 Å². The van der Waals surface area contributed by atoms with Gasteiger partial charge in [0.2, 0.25) is 11.8 Å². The van der Waals surface area contributed by atoms with Crippen LogP contribution in [0.1, 0.15) is 65.9 Å². The monoisotopic (exact) mass is 521 g/mol. The van der Waals surface area contributed by atoms with Crippen LogP contribution in [0.25, 0.3) is 0 Å². The van der Waals surface area contributed by atoms with Gasteiger partial charge in [0, 0.05) is 13.0 Å². The number of carboxylic acids is 1. The van der Waals surface area contributed by atoms with Gasteiger partial charge in [-0.25, -0.2) is 4.79 Å². The number of carbonyl (C=O) groups is 5. The lowest BCUT2D eigenvalue weighted by molar-refractivity contribution is -0.155. The SMILES string of the molecule is CCC(C)C(NC(=O)OCc1ccccc1)C(=O)NC(CCC(=O)OC(C)(C)C)C(=O)NCCC(=O)O. The van der Waals surface area contributed by atoms with Crippen LogP contribution in [0, 0.1) is 5.92 Å². The molecule has 4 N–H and O–H groups in total. The summed E-state index contributed by atoms with van der Waals surface area (Å²) in [6.07, 6.45) is -0.784. The quantitative estimate of drug-likeness (QED) is 0.272. The normalized spacial score (nSPS) is 13.4. The highest BCUT2D eigenvalue weighted by molar-refractivity contribution is 5.91. The van der Waals surface area contributed by atoms with Crippen LogP contribution in [-0.4, -0.2) is 59.2 Å². The van der Waals surface area contributed by atoms with Crippen molar-refractivity contribution < 1.29 is 38.6 Å². The Morgan fingerprint density at radius 1 is 0.973 bits per heavy atom. The molecule has 0 fully saturated rings. The van der Waals surface area contributed by atoms with Gasteiger partial charge in [0.05, 0.1) is 6.42 Å². The molecule has 0 spiro atoms. The first-order valence-corrected chi connectivity index (χ1v) is 12.3. The molecule has 0 bridgehead atoms. The lowest BCUT2D eigenvalue weighted by Crippen LogP contribution is -2.56. The standard InChI is InChI=1S/C26H39N3O8/c1-6-17(2)22(29-25(35)36-16-18-10-8-7-9-11-18)24(34)28-19(23(33)27-15-14-20(30)31)12-13-21(32)37-26(3,4)5/h7-11,17,19,22H,6,12-16H2,1-5H3,(H,27,33)(H,28,34)(H,29,35)(H,30,31). The van der Waals surface area contributed by atoms with E-state index in [2.05, 4.69) is 16.0 Å². The van der Waals surface area contributed by atoms with Gasteiger partial charge in [0.1, 0.15) is 24.3 Å². The smallest absolute Gasteiger partial charge is 0.408 e. The van der Waals surface area contributed by atoms with Crippen LogP contribution < -0.4 is 16.0 Å². The van der Waals surface area contributed by atoms with Crippen molar-refractivity contribution in [3.63, 3.8) is 0 Å². The van der Waals surface area contributed by atoms with Gasteiger partial charge in [-0.15, -0.1) is 0 Å². The summed E-state index contributed by atoms with van der Waals surface area (Å²) >= 11 is 0. The number of carboxylic acid groups (broad SMARTS) is 1. The van der Waals surface area contributed by atoms with Gasteiger partial charge in [0.15, 0.2) is 0 Å². The maximum absolute atomic E-state index is 13.2. The second-order valence-electron chi connectivity index (χ2n) is 9.69. The lowest BCUT2D eigenvalue weighted by Gasteiger charge is -2.26. The topological polar surface area (TPSA) is 160 Å². The van der Waals surface area contributed by atoms with E-state index in [0.29, 0.717) is 6.42 Å². The number of alkyl carbamates (subject to hydrolysis) is 1. The van der Waals surface area contributed by atoms with Crippen molar-refractivity contribution in [2.75, 3.05) is 6.54 Å². The third-order valence-electron chi connectivity index (χ3n) is 5.31. The minimum atomic E-state index is -1.15. The van der Waals surface area contributed by atoms with Crippen molar-refractivity contribution in [3.05, 3.63) is 35.9 Å². The summed E-state index contributed by atoms with van der Waals surface area (Å²) < 4.78 is 10.5. The molecule has 0 aromatic heterocycles. The number of nitrogens with one attached hydrogen (secondary N) is 3. The minimum absolute atomic E-state index is 0.0199. The van der Waals surface area contributed by atoms with Crippen molar-refractivity contribution in [1.82, 2.24) is 16.0 Å². The first-order valence-electron chi connectivity index (χ1n) is 12.3. The van der Waals surface area contributed by atoms with E-state index in [1.807, 2.05) is 25.1 Å². The highest BCUT2D eigenvalue weighted by Crippen LogP contribution is 2.12. The highest BCUT2D eigenvalue weighted by Gasteiger charge is 2.31. The van der Waals surface area contributed by atoms with Crippen molar-refractivity contribution in [1.29, 1.82) is 0 Å². The molecule has 1 aromatic carbocycles. The van der Waals surface area contributed by atoms with E-state index >= 15 is 0 Å². The Morgan fingerprint density at radius 3 is 2.19 bits per heavy atom. The summed E-state index contributed by atoms with van der Waals surface area (Å²) in [6.45, 7) is 8.62. The average molecular weight is 522 g/mol. The van der Waals surface area contributed by atoms with Gasteiger partial charge in [0.25, 0.3) is 0 Å². The van der Waals surface area contributed by atoms with Gasteiger partial charge < -0.3 is 30.5 Å². The number of aliphatic carboxylic acids is 1. The largest absolute Gasteiger partial charge is 0.481 e. The third-order valence-corrected chi connectivity index (χ3v) is 5.31.